The summed E-state index contributed by atoms with van der Waals surface area (Å²) in [7, 11) is 0. The van der Waals surface area contributed by atoms with Crippen LogP contribution in [-0.2, 0) is 4.74 Å². The average molecular weight is 226 g/mol. The molecule has 0 spiro atoms. The van der Waals surface area contributed by atoms with Gasteiger partial charge in [-0.2, -0.15) is 0 Å². The first-order valence-corrected chi connectivity index (χ1v) is 6.39. The number of hydrogen-bond acceptors (Lipinski definition) is 2. The zero-order valence-corrected chi connectivity index (χ0v) is 10.2. The van der Waals surface area contributed by atoms with Crippen molar-refractivity contribution in [3.63, 3.8) is 0 Å². The summed E-state index contributed by atoms with van der Waals surface area (Å²) < 4.78 is 5.27. The molecule has 1 N–H and O–H groups in total. The Morgan fingerprint density at radius 3 is 2.88 bits per heavy atom. The number of nitrogens with one attached hydrogen (secondary N) is 1. The molecule has 2 rings (SSSR count). The number of carbonyl (C=O) groups excluding carboxylic acids is 1. The van der Waals surface area contributed by atoms with E-state index >= 15 is 0 Å². The van der Waals surface area contributed by atoms with Gasteiger partial charge in [0.25, 0.3) is 0 Å². The minimum absolute atomic E-state index is 0.104. The SMILES string of the molecule is CCC1CCC(C)N1C(=O)NC1CCOC1. The van der Waals surface area contributed by atoms with Crippen molar-refractivity contribution in [1.82, 2.24) is 10.2 Å². The maximum absolute atomic E-state index is 12.1. The lowest BCUT2D eigenvalue weighted by atomic mass is 10.2. The second-order valence-electron chi connectivity index (χ2n) is 4.91. The third-order valence-electron chi connectivity index (χ3n) is 3.75. The highest BCUT2D eigenvalue weighted by molar-refractivity contribution is 5.75. The molecule has 0 bridgehead atoms. The van der Waals surface area contributed by atoms with Gasteiger partial charge in [0, 0.05) is 18.7 Å². The third kappa shape index (κ3) is 2.32. The summed E-state index contributed by atoms with van der Waals surface area (Å²) >= 11 is 0. The van der Waals surface area contributed by atoms with Gasteiger partial charge in [-0.3, -0.25) is 0 Å². The molecule has 2 heterocycles. The predicted molar refractivity (Wildman–Crippen MR) is 62.4 cm³/mol. The average Bonchev–Trinajstić information content (AvgIpc) is 2.87. The highest BCUT2D eigenvalue weighted by atomic mass is 16.5. The Morgan fingerprint density at radius 1 is 1.44 bits per heavy atom. The molecule has 16 heavy (non-hydrogen) atoms. The second-order valence-corrected chi connectivity index (χ2v) is 4.91. The fourth-order valence-electron chi connectivity index (χ4n) is 2.74. The van der Waals surface area contributed by atoms with E-state index in [0.29, 0.717) is 18.7 Å². The van der Waals surface area contributed by atoms with Crippen LogP contribution >= 0.6 is 0 Å². The molecule has 2 saturated heterocycles. The molecular formula is C12H22N2O2. The van der Waals surface area contributed by atoms with Gasteiger partial charge in [0.1, 0.15) is 0 Å². The maximum Gasteiger partial charge on any atom is 0.318 e. The third-order valence-corrected chi connectivity index (χ3v) is 3.75. The number of ether oxygens (including phenoxy) is 1. The molecule has 0 radical (unpaired) electrons. The Bertz CT molecular complexity index is 251. The van der Waals surface area contributed by atoms with E-state index in [4.69, 9.17) is 4.74 Å². The summed E-state index contributed by atoms with van der Waals surface area (Å²) in [6, 6.07) is 1.13. The number of urea groups is 1. The molecule has 92 valence electrons. The van der Waals surface area contributed by atoms with Gasteiger partial charge in [0.05, 0.1) is 12.6 Å². The lowest BCUT2D eigenvalue weighted by Crippen LogP contribution is -2.49. The van der Waals surface area contributed by atoms with Gasteiger partial charge in [0.2, 0.25) is 0 Å². The van der Waals surface area contributed by atoms with Crippen LogP contribution in [0, 0.1) is 0 Å². The quantitative estimate of drug-likeness (QED) is 0.779. The Labute approximate surface area is 97.3 Å². The molecule has 3 atom stereocenters. The molecule has 4 heteroatoms. The summed E-state index contributed by atoms with van der Waals surface area (Å²) in [6.45, 7) is 5.74. The molecule has 0 saturated carbocycles. The number of likely N-dealkylation sites (tertiary alicyclic amines) is 1. The van der Waals surface area contributed by atoms with Crippen LogP contribution in [0.4, 0.5) is 4.79 Å². The van der Waals surface area contributed by atoms with E-state index in [-0.39, 0.29) is 12.1 Å². The zero-order chi connectivity index (χ0) is 11.5. The van der Waals surface area contributed by atoms with Crippen LogP contribution in [0.15, 0.2) is 0 Å². The Kier molecular flexibility index (Phi) is 3.69. The van der Waals surface area contributed by atoms with Crippen molar-refractivity contribution in [2.45, 2.75) is 57.7 Å². The first-order valence-electron chi connectivity index (χ1n) is 6.39. The van der Waals surface area contributed by atoms with Crippen molar-refractivity contribution in [1.29, 1.82) is 0 Å². The normalized spacial score (nSPS) is 34.4. The summed E-state index contributed by atoms with van der Waals surface area (Å²) in [5, 5.41) is 3.08. The van der Waals surface area contributed by atoms with Crippen LogP contribution in [0.5, 0.6) is 0 Å². The van der Waals surface area contributed by atoms with E-state index in [0.717, 1.165) is 32.3 Å². The van der Waals surface area contributed by atoms with E-state index in [2.05, 4.69) is 19.2 Å². The van der Waals surface area contributed by atoms with Gasteiger partial charge in [0.15, 0.2) is 0 Å². The van der Waals surface area contributed by atoms with Gasteiger partial charge in [-0.15, -0.1) is 0 Å². The highest BCUT2D eigenvalue weighted by Crippen LogP contribution is 2.26. The van der Waals surface area contributed by atoms with Crippen LogP contribution in [-0.4, -0.2) is 42.3 Å². The number of rotatable bonds is 2. The molecular weight excluding hydrogens is 204 g/mol. The van der Waals surface area contributed by atoms with Crippen molar-refractivity contribution in [2.24, 2.45) is 0 Å². The molecule has 2 aliphatic rings. The van der Waals surface area contributed by atoms with Crippen LogP contribution in [0.2, 0.25) is 0 Å². The fraction of sp³-hybridized carbons (Fsp3) is 0.917. The minimum Gasteiger partial charge on any atom is -0.379 e. The molecule has 2 aliphatic heterocycles. The summed E-state index contributed by atoms with van der Waals surface area (Å²) in [5.74, 6) is 0. The predicted octanol–water partition coefficient (Wildman–Crippen LogP) is 1.75. The molecule has 2 fully saturated rings. The largest absolute Gasteiger partial charge is 0.379 e. The first kappa shape index (κ1) is 11.7. The van der Waals surface area contributed by atoms with Crippen LogP contribution < -0.4 is 5.32 Å². The Hall–Kier alpha value is -0.770. The molecule has 2 amide bonds. The van der Waals surface area contributed by atoms with Crippen molar-refractivity contribution in [2.75, 3.05) is 13.2 Å². The maximum atomic E-state index is 12.1. The van der Waals surface area contributed by atoms with Gasteiger partial charge < -0.3 is 15.0 Å². The van der Waals surface area contributed by atoms with Crippen molar-refractivity contribution < 1.29 is 9.53 Å². The fourth-order valence-corrected chi connectivity index (χ4v) is 2.74. The minimum atomic E-state index is 0.104. The topological polar surface area (TPSA) is 41.6 Å². The van der Waals surface area contributed by atoms with Crippen molar-refractivity contribution in [3.05, 3.63) is 0 Å². The van der Waals surface area contributed by atoms with Gasteiger partial charge in [-0.1, -0.05) is 6.92 Å². The van der Waals surface area contributed by atoms with E-state index in [9.17, 15) is 4.79 Å². The summed E-state index contributed by atoms with van der Waals surface area (Å²) in [4.78, 5) is 14.2. The Balaban J connectivity index is 1.91. The lowest BCUT2D eigenvalue weighted by molar-refractivity contribution is 0.163. The second kappa shape index (κ2) is 5.04. The van der Waals surface area contributed by atoms with Crippen LogP contribution in [0.3, 0.4) is 0 Å². The standard InChI is InChI=1S/C12H22N2O2/c1-3-11-5-4-9(2)14(11)12(15)13-10-6-7-16-8-10/h9-11H,3-8H2,1-2H3,(H,13,15). The van der Waals surface area contributed by atoms with E-state index in [1.54, 1.807) is 0 Å². The van der Waals surface area contributed by atoms with Crippen LogP contribution in [0.1, 0.15) is 39.5 Å². The first-order chi connectivity index (χ1) is 7.72. The molecule has 4 nitrogen and oxygen atoms in total. The molecule has 3 unspecified atom stereocenters. The molecule has 0 aliphatic carbocycles. The van der Waals surface area contributed by atoms with Gasteiger partial charge >= 0.3 is 6.03 Å². The number of hydrogen-bond donors (Lipinski definition) is 1. The number of nitrogens with zero attached hydrogens (tertiary/aromatic N) is 1. The molecule has 0 aromatic rings. The van der Waals surface area contributed by atoms with E-state index in [1.807, 2.05) is 4.90 Å². The zero-order valence-electron chi connectivity index (χ0n) is 10.2. The van der Waals surface area contributed by atoms with E-state index < -0.39 is 0 Å². The summed E-state index contributed by atoms with van der Waals surface area (Å²) in [5.41, 5.74) is 0. The van der Waals surface area contributed by atoms with Crippen LogP contribution in [0.25, 0.3) is 0 Å². The molecule has 0 aromatic carbocycles. The summed E-state index contributed by atoms with van der Waals surface area (Å²) in [6.07, 6.45) is 4.28. The molecule has 0 aromatic heterocycles. The lowest BCUT2D eigenvalue weighted by Gasteiger charge is -2.29. The van der Waals surface area contributed by atoms with E-state index in [1.165, 1.54) is 0 Å². The smallest absolute Gasteiger partial charge is 0.318 e. The van der Waals surface area contributed by atoms with Crippen molar-refractivity contribution in [3.8, 4) is 0 Å². The van der Waals surface area contributed by atoms with Gasteiger partial charge in [-0.05, 0) is 32.6 Å². The number of amides is 2. The van der Waals surface area contributed by atoms with Gasteiger partial charge in [-0.25, -0.2) is 4.79 Å². The number of carbonyl (C=O) groups is 1. The Morgan fingerprint density at radius 2 is 2.25 bits per heavy atom. The van der Waals surface area contributed by atoms with Crippen molar-refractivity contribution >= 4 is 6.03 Å². The highest BCUT2D eigenvalue weighted by Gasteiger charge is 2.34. The monoisotopic (exact) mass is 226 g/mol.